The van der Waals surface area contributed by atoms with Gasteiger partial charge in [-0.15, -0.1) is 0 Å². The maximum Gasteiger partial charge on any atom is 0.0517 e. The van der Waals surface area contributed by atoms with E-state index in [4.69, 9.17) is 5.11 Å². The Morgan fingerprint density at radius 2 is 1.89 bits per heavy atom. The minimum Gasteiger partial charge on any atom is -0.393 e. The van der Waals surface area contributed by atoms with Crippen LogP contribution in [0.3, 0.4) is 0 Å². The largest absolute Gasteiger partial charge is 0.393 e. The van der Waals surface area contributed by atoms with Crippen molar-refractivity contribution in [2.75, 3.05) is 0 Å². The average molecular weight is 130 g/mol. The van der Waals surface area contributed by atoms with Gasteiger partial charge in [-0.2, -0.15) is 0 Å². The summed E-state index contributed by atoms with van der Waals surface area (Å²) in [6, 6.07) is 0. The molecule has 9 heavy (non-hydrogen) atoms. The van der Waals surface area contributed by atoms with Crippen LogP contribution in [0.15, 0.2) is 0 Å². The lowest BCUT2D eigenvalue weighted by Gasteiger charge is -2.23. The summed E-state index contributed by atoms with van der Waals surface area (Å²) in [5.41, 5.74) is 0.314. The molecule has 0 aliphatic heterocycles. The maximum atomic E-state index is 9.02. The van der Waals surface area contributed by atoms with Gasteiger partial charge in [-0.25, -0.2) is 0 Å². The third-order valence-electron chi connectivity index (χ3n) is 1.81. The third kappa shape index (κ3) is 4.46. The van der Waals surface area contributed by atoms with Crippen LogP contribution >= 0.6 is 0 Å². The fraction of sp³-hybridized carbons (Fsp3) is 1.00. The first-order chi connectivity index (χ1) is 3.98. The van der Waals surface area contributed by atoms with Gasteiger partial charge in [-0.1, -0.05) is 27.2 Å². The SMILES string of the molecule is CCC(C)(C)C[C@@H](C)O. The van der Waals surface area contributed by atoms with Crippen LogP contribution in [0.25, 0.3) is 0 Å². The van der Waals surface area contributed by atoms with E-state index in [-0.39, 0.29) is 6.10 Å². The molecule has 0 fully saturated rings. The van der Waals surface area contributed by atoms with E-state index >= 15 is 0 Å². The fourth-order valence-electron chi connectivity index (χ4n) is 0.944. The van der Waals surface area contributed by atoms with E-state index in [2.05, 4.69) is 20.8 Å². The van der Waals surface area contributed by atoms with Crippen molar-refractivity contribution in [1.82, 2.24) is 0 Å². The van der Waals surface area contributed by atoms with Crippen molar-refractivity contribution in [1.29, 1.82) is 0 Å². The Balaban J connectivity index is 3.58. The van der Waals surface area contributed by atoms with Gasteiger partial charge in [-0.3, -0.25) is 0 Å². The monoisotopic (exact) mass is 130 g/mol. The molecule has 0 heterocycles. The van der Waals surface area contributed by atoms with Crippen LogP contribution in [0.5, 0.6) is 0 Å². The second-order valence-electron chi connectivity index (χ2n) is 3.57. The summed E-state index contributed by atoms with van der Waals surface area (Å²) >= 11 is 0. The predicted octanol–water partition coefficient (Wildman–Crippen LogP) is 2.19. The van der Waals surface area contributed by atoms with Gasteiger partial charge in [-0.05, 0) is 18.8 Å². The van der Waals surface area contributed by atoms with Crippen LogP contribution in [0.1, 0.15) is 40.5 Å². The molecule has 1 N–H and O–H groups in total. The van der Waals surface area contributed by atoms with Crippen LogP contribution in [0.4, 0.5) is 0 Å². The van der Waals surface area contributed by atoms with Crippen molar-refractivity contribution >= 4 is 0 Å². The van der Waals surface area contributed by atoms with E-state index in [1.807, 2.05) is 6.92 Å². The van der Waals surface area contributed by atoms with Crippen LogP contribution < -0.4 is 0 Å². The molecule has 0 saturated heterocycles. The van der Waals surface area contributed by atoms with Gasteiger partial charge in [0, 0.05) is 0 Å². The second kappa shape index (κ2) is 3.21. The molecule has 0 aromatic carbocycles. The molecule has 56 valence electrons. The van der Waals surface area contributed by atoms with Crippen molar-refractivity contribution < 1.29 is 5.11 Å². The smallest absolute Gasteiger partial charge is 0.0517 e. The lowest BCUT2D eigenvalue weighted by Crippen LogP contribution is -2.16. The summed E-state index contributed by atoms with van der Waals surface area (Å²) in [4.78, 5) is 0. The van der Waals surface area contributed by atoms with E-state index in [1.54, 1.807) is 0 Å². The average Bonchev–Trinajstić information content (AvgIpc) is 1.63. The summed E-state index contributed by atoms with van der Waals surface area (Å²) in [7, 11) is 0. The molecule has 0 aliphatic carbocycles. The lowest BCUT2D eigenvalue weighted by atomic mass is 9.85. The first-order valence-electron chi connectivity index (χ1n) is 3.66. The minimum atomic E-state index is -0.153. The van der Waals surface area contributed by atoms with Crippen LogP contribution in [0.2, 0.25) is 0 Å². The summed E-state index contributed by atoms with van der Waals surface area (Å²) < 4.78 is 0. The number of hydrogen-bond donors (Lipinski definition) is 1. The molecule has 1 nitrogen and oxygen atoms in total. The van der Waals surface area contributed by atoms with E-state index in [0.717, 1.165) is 12.8 Å². The summed E-state index contributed by atoms with van der Waals surface area (Å²) in [5.74, 6) is 0. The van der Waals surface area contributed by atoms with Gasteiger partial charge in [0.1, 0.15) is 0 Å². The molecule has 1 atom stereocenters. The number of aliphatic hydroxyl groups is 1. The van der Waals surface area contributed by atoms with Gasteiger partial charge < -0.3 is 5.11 Å². The predicted molar refractivity (Wildman–Crippen MR) is 40.4 cm³/mol. The van der Waals surface area contributed by atoms with Crippen molar-refractivity contribution in [3.8, 4) is 0 Å². The maximum absolute atomic E-state index is 9.02. The first kappa shape index (κ1) is 8.96. The van der Waals surface area contributed by atoms with Crippen molar-refractivity contribution in [2.45, 2.75) is 46.6 Å². The third-order valence-corrected chi connectivity index (χ3v) is 1.81. The molecule has 0 radical (unpaired) electrons. The Labute approximate surface area is 58.1 Å². The zero-order chi connectivity index (χ0) is 7.49. The highest BCUT2D eigenvalue weighted by Gasteiger charge is 2.16. The molecule has 0 saturated carbocycles. The van der Waals surface area contributed by atoms with Crippen molar-refractivity contribution in [3.63, 3.8) is 0 Å². The number of hydrogen-bond acceptors (Lipinski definition) is 1. The molecule has 0 amide bonds. The highest BCUT2D eigenvalue weighted by Crippen LogP contribution is 2.25. The van der Waals surface area contributed by atoms with E-state index in [1.165, 1.54) is 0 Å². The quantitative estimate of drug-likeness (QED) is 0.621. The molecule has 0 unspecified atom stereocenters. The second-order valence-corrected chi connectivity index (χ2v) is 3.57. The fourth-order valence-corrected chi connectivity index (χ4v) is 0.944. The summed E-state index contributed by atoms with van der Waals surface area (Å²) in [5, 5.41) is 9.02. The van der Waals surface area contributed by atoms with Gasteiger partial charge in [0.2, 0.25) is 0 Å². The summed E-state index contributed by atoms with van der Waals surface area (Å²) in [6.07, 6.45) is 1.89. The van der Waals surface area contributed by atoms with Gasteiger partial charge >= 0.3 is 0 Å². The van der Waals surface area contributed by atoms with E-state index in [0.29, 0.717) is 5.41 Å². The highest BCUT2D eigenvalue weighted by molar-refractivity contribution is 4.68. The van der Waals surface area contributed by atoms with E-state index in [9.17, 15) is 0 Å². The van der Waals surface area contributed by atoms with Crippen molar-refractivity contribution in [2.24, 2.45) is 5.41 Å². The van der Waals surface area contributed by atoms with E-state index < -0.39 is 0 Å². The molecular formula is C8H18O. The molecule has 0 aromatic heterocycles. The Kier molecular flexibility index (Phi) is 3.20. The lowest BCUT2D eigenvalue weighted by molar-refractivity contribution is 0.127. The topological polar surface area (TPSA) is 20.2 Å². The van der Waals surface area contributed by atoms with Gasteiger partial charge in [0.25, 0.3) is 0 Å². The molecule has 0 bridgehead atoms. The molecular weight excluding hydrogens is 112 g/mol. The normalized spacial score (nSPS) is 15.7. The van der Waals surface area contributed by atoms with Crippen molar-refractivity contribution in [3.05, 3.63) is 0 Å². The molecule has 0 rings (SSSR count). The number of aliphatic hydroxyl groups excluding tert-OH is 1. The Bertz CT molecular complexity index is 74.6. The van der Waals surface area contributed by atoms with Crippen LogP contribution in [0, 0.1) is 5.41 Å². The Morgan fingerprint density at radius 3 is 2.00 bits per heavy atom. The van der Waals surface area contributed by atoms with Crippen LogP contribution in [-0.2, 0) is 0 Å². The minimum absolute atomic E-state index is 0.153. The Morgan fingerprint density at radius 1 is 1.44 bits per heavy atom. The zero-order valence-corrected chi connectivity index (χ0v) is 6.94. The Hall–Kier alpha value is -0.0400. The standard InChI is InChI=1S/C8H18O/c1-5-8(3,4)6-7(2)9/h7,9H,5-6H2,1-4H3/t7-/m1/s1. The summed E-state index contributed by atoms with van der Waals surface area (Å²) in [6.45, 7) is 8.36. The van der Waals surface area contributed by atoms with Gasteiger partial charge in [0.15, 0.2) is 0 Å². The van der Waals surface area contributed by atoms with Crippen LogP contribution in [-0.4, -0.2) is 11.2 Å². The molecule has 0 aliphatic rings. The number of rotatable bonds is 3. The first-order valence-corrected chi connectivity index (χ1v) is 3.66. The molecule has 0 spiro atoms. The zero-order valence-electron chi connectivity index (χ0n) is 6.94. The molecule has 0 aromatic rings. The molecule has 1 heteroatoms. The highest BCUT2D eigenvalue weighted by atomic mass is 16.3. The van der Waals surface area contributed by atoms with Gasteiger partial charge in [0.05, 0.1) is 6.10 Å².